The smallest absolute Gasteiger partial charge is 0.410 e. The first kappa shape index (κ1) is 20.0. The van der Waals surface area contributed by atoms with Crippen LogP contribution >= 0.6 is 11.3 Å². The second kappa shape index (κ2) is 7.85. The lowest BCUT2D eigenvalue weighted by molar-refractivity contribution is 0.0867. The number of rotatable bonds is 3. The van der Waals surface area contributed by atoms with E-state index in [0.29, 0.717) is 6.61 Å². The second-order valence-corrected chi connectivity index (χ2v) is 10.5. The first-order valence-corrected chi connectivity index (χ1v) is 13.0. The molecule has 4 aromatic rings. The van der Waals surface area contributed by atoms with Crippen LogP contribution in [0.1, 0.15) is 41.9 Å². The molecule has 1 aliphatic carbocycles. The zero-order valence-electron chi connectivity index (χ0n) is 18.8. The van der Waals surface area contributed by atoms with Crippen LogP contribution in [-0.2, 0) is 4.74 Å². The predicted octanol–water partition coefficient (Wildman–Crippen LogP) is 7.47. The Morgan fingerprint density at radius 2 is 1.59 bits per heavy atom. The van der Waals surface area contributed by atoms with Crippen molar-refractivity contribution in [3.63, 3.8) is 0 Å². The Balaban J connectivity index is 1.12. The zero-order chi connectivity index (χ0) is 22.6. The van der Waals surface area contributed by atoms with Crippen molar-refractivity contribution >= 4 is 33.1 Å². The van der Waals surface area contributed by atoms with Gasteiger partial charge in [0.25, 0.3) is 0 Å². The highest BCUT2D eigenvalue weighted by Gasteiger charge is 2.41. The molecule has 0 radical (unpaired) electrons. The van der Waals surface area contributed by atoms with Crippen molar-refractivity contribution in [3.8, 4) is 11.1 Å². The van der Waals surface area contributed by atoms with E-state index >= 15 is 0 Å². The maximum atomic E-state index is 13.3. The number of carbonyl (C=O) groups is 1. The monoisotopic (exact) mass is 463 g/mol. The minimum atomic E-state index is -0.167. The molecule has 1 saturated heterocycles. The van der Waals surface area contributed by atoms with Crippen LogP contribution in [0.3, 0.4) is 0 Å². The van der Waals surface area contributed by atoms with Crippen LogP contribution in [0.2, 0.25) is 0 Å². The van der Waals surface area contributed by atoms with Crippen molar-refractivity contribution in [1.29, 1.82) is 0 Å². The predicted molar refractivity (Wildman–Crippen MR) is 138 cm³/mol. The highest BCUT2D eigenvalue weighted by molar-refractivity contribution is 7.17. The molecule has 2 atom stereocenters. The molecular weight excluding hydrogens is 438 g/mol. The quantitative estimate of drug-likeness (QED) is 0.315. The lowest BCUT2D eigenvalue weighted by Crippen LogP contribution is -2.43. The van der Waals surface area contributed by atoms with Gasteiger partial charge < -0.3 is 4.74 Å². The van der Waals surface area contributed by atoms with Crippen LogP contribution in [0, 0.1) is 0 Å². The van der Waals surface area contributed by atoms with Gasteiger partial charge >= 0.3 is 6.09 Å². The molecule has 2 aliphatic heterocycles. The molecule has 0 saturated carbocycles. The summed E-state index contributed by atoms with van der Waals surface area (Å²) in [4.78, 5) is 15.3. The Hall–Kier alpha value is -3.37. The van der Waals surface area contributed by atoms with E-state index in [9.17, 15) is 4.79 Å². The topological polar surface area (TPSA) is 29.5 Å². The summed E-state index contributed by atoms with van der Waals surface area (Å²) in [5.41, 5.74) is 7.74. The van der Waals surface area contributed by atoms with Crippen LogP contribution in [0.5, 0.6) is 0 Å². The van der Waals surface area contributed by atoms with Gasteiger partial charge in [-0.2, -0.15) is 0 Å². The molecule has 2 unspecified atom stereocenters. The zero-order valence-corrected chi connectivity index (χ0v) is 19.6. The Morgan fingerprint density at radius 1 is 0.882 bits per heavy atom. The largest absolute Gasteiger partial charge is 0.448 e. The van der Waals surface area contributed by atoms with E-state index in [-0.39, 0.29) is 24.1 Å². The number of ether oxygens (including phenoxy) is 1. The van der Waals surface area contributed by atoms with Gasteiger partial charge in [-0.1, -0.05) is 72.8 Å². The lowest BCUT2D eigenvalue weighted by atomic mass is 9.94. The first-order valence-electron chi connectivity index (χ1n) is 12.1. The molecule has 7 rings (SSSR count). The Labute approximate surface area is 203 Å². The fraction of sp³-hybridized carbons (Fsp3) is 0.233. The second-order valence-electron chi connectivity index (χ2n) is 9.55. The summed E-state index contributed by atoms with van der Waals surface area (Å²) in [5, 5.41) is 3.60. The molecule has 168 valence electrons. The molecule has 4 heteroatoms. The number of hydrogen-bond donors (Lipinski definition) is 0. The SMILES string of the molecule is O=C(OCC1c2ccccc2-c2ccccc21)N1C2C=C(c3csc4ccccc34)CC1CC2. The molecule has 2 bridgehead atoms. The van der Waals surface area contributed by atoms with E-state index in [1.54, 1.807) is 11.3 Å². The van der Waals surface area contributed by atoms with E-state index < -0.39 is 0 Å². The summed E-state index contributed by atoms with van der Waals surface area (Å²) in [6, 6.07) is 25.9. The maximum Gasteiger partial charge on any atom is 0.410 e. The van der Waals surface area contributed by atoms with E-state index in [2.05, 4.69) is 84.3 Å². The molecule has 3 aliphatic rings. The molecule has 1 fully saturated rings. The summed E-state index contributed by atoms with van der Waals surface area (Å²) in [5.74, 6) is 0.0991. The van der Waals surface area contributed by atoms with Crippen molar-refractivity contribution in [3.05, 3.63) is 101 Å². The van der Waals surface area contributed by atoms with Crippen LogP contribution in [-0.4, -0.2) is 29.7 Å². The van der Waals surface area contributed by atoms with Gasteiger partial charge in [-0.05, 0) is 69.5 Å². The van der Waals surface area contributed by atoms with Gasteiger partial charge in [0.15, 0.2) is 0 Å². The van der Waals surface area contributed by atoms with Crippen molar-refractivity contribution < 1.29 is 9.53 Å². The molecule has 34 heavy (non-hydrogen) atoms. The number of benzene rings is 3. The Morgan fingerprint density at radius 3 is 2.35 bits per heavy atom. The maximum absolute atomic E-state index is 13.3. The van der Waals surface area contributed by atoms with Gasteiger partial charge in [0.1, 0.15) is 6.61 Å². The average Bonchev–Trinajstić information content (AvgIpc) is 3.53. The van der Waals surface area contributed by atoms with E-state index in [0.717, 1.165) is 19.3 Å². The summed E-state index contributed by atoms with van der Waals surface area (Å²) in [6.45, 7) is 0.383. The summed E-state index contributed by atoms with van der Waals surface area (Å²) in [6.07, 6.45) is 5.11. The summed E-state index contributed by atoms with van der Waals surface area (Å²) < 4.78 is 7.34. The van der Waals surface area contributed by atoms with Gasteiger partial charge in [-0.25, -0.2) is 4.79 Å². The fourth-order valence-corrected chi connectivity index (χ4v) is 7.19. The number of carbonyl (C=O) groups excluding carboxylic acids is 1. The first-order chi connectivity index (χ1) is 16.8. The number of hydrogen-bond acceptors (Lipinski definition) is 3. The number of thiophene rings is 1. The number of fused-ring (bicyclic) bond motifs is 6. The van der Waals surface area contributed by atoms with Gasteiger partial charge in [-0.3, -0.25) is 4.90 Å². The number of amides is 1. The standard InChI is InChI=1S/C30H25NO2S/c32-30(33-17-27-24-9-3-1-7-22(24)23-8-2-4-10-25(23)27)31-20-13-14-21(31)16-19(15-20)28-18-34-29-12-6-5-11-26(28)29/h1-12,15,18,20-21,27H,13-14,16-17H2. The van der Waals surface area contributed by atoms with Gasteiger partial charge in [0.2, 0.25) is 0 Å². The third-order valence-corrected chi connectivity index (χ3v) is 8.73. The van der Waals surface area contributed by atoms with Crippen molar-refractivity contribution in [2.24, 2.45) is 0 Å². The van der Waals surface area contributed by atoms with Crippen LogP contribution < -0.4 is 0 Å². The van der Waals surface area contributed by atoms with Crippen LogP contribution in [0.15, 0.2) is 84.3 Å². The molecule has 0 N–H and O–H groups in total. The highest BCUT2D eigenvalue weighted by Crippen LogP contribution is 2.45. The highest BCUT2D eigenvalue weighted by atomic mass is 32.1. The third kappa shape index (κ3) is 3.05. The van der Waals surface area contributed by atoms with Crippen LogP contribution in [0.25, 0.3) is 26.8 Å². The average molecular weight is 464 g/mol. The normalized spacial score (nSPS) is 20.8. The minimum absolute atomic E-state index is 0.0991. The summed E-state index contributed by atoms with van der Waals surface area (Å²) >= 11 is 1.80. The summed E-state index contributed by atoms with van der Waals surface area (Å²) in [7, 11) is 0. The third-order valence-electron chi connectivity index (χ3n) is 7.77. The Bertz CT molecular complexity index is 1410. The molecular formula is C30H25NO2S. The van der Waals surface area contributed by atoms with Crippen LogP contribution in [0.4, 0.5) is 4.79 Å². The van der Waals surface area contributed by atoms with Gasteiger partial charge in [0, 0.05) is 16.7 Å². The molecule has 3 aromatic carbocycles. The van der Waals surface area contributed by atoms with Crippen molar-refractivity contribution in [1.82, 2.24) is 4.90 Å². The van der Waals surface area contributed by atoms with E-state index in [1.807, 2.05) is 4.90 Å². The molecule has 0 spiro atoms. The van der Waals surface area contributed by atoms with E-state index in [1.165, 1.54) is 43.5 Å². The van der Waals surface area contributed by atoms with Crippen molar-refractivity contribution in [2.75, 3.05) is 6.61 Å². The number of nitrogens with zero attached hydrogens (tertiary/aromatic N) is 1. The fourth-order valence-electron chi connectivity index (χ4n) is 6.21. The Kier molecular flexibility index (Phi) is 4.63. The molecule has 3 nitrogen and oxygen atoms in total. The molecule has 1 aromatic heterocycles. The molecule has 3 heterocycles. The van der Waals surface area contributed by atoms with Crippen molar-refractivity contribution in [2.45, 2.75) is 37.3 Å². The van der Waals surface area contributed by atoms with Gasteiger partial charge in [0.05, 0.1) is 6.04 Å². The molecule has 1 amide bonds. The lowest BCUT2D eigenvalue weighted by Gasteiger charge is -2.33. The van der Waals surface area contributed by atoms with E-state index in [4.69, 9.17) is 4.74 Å². The van der Waals surface area contributed by atoms with Gasteiger partial charge in [-0.15, -0.1) is 11.3 Å². The minimum Gasteiger partial charge on any atom is -0.448 e.